The molecule has 0 saturated heterocycles. The molecule has 5 heteroatoms. The Morgan fingerprint density at radius 2 is 1.08 bits per heavy atom. The van der Waals surface area contributed by atoms with Gasteiger partial charge in [-0.05, 0) is 51.3 Å². The maximum Gasteiger partial charge on any atom is 0.234 e. The van der Waals surface area contributed by atoms with Gasteiger partial charge >= 0.3 is 0 Å². The highest BCUT2D eigenvalue weighted by molar-refractivity contribution is 6.10. The van der Waals surface area contributed by atoms with E-state index in [1.165, 1.54) is 10.8 Å². The van der Waals surface area contributed by atoms with Crippen molar-refractivity contribution >= 4 is 21.8 Å². The number of hydrogen-bond acceptors (Lipinski definition) is 4. The van der Waals surface area contributed by atoms with Gasteiger partial charge in [0.15, 0.2) is 5.82 Å². The molecule has 5 nitrogen and oxygen atoms in total. The molecule has 0 aliphatic rings. The SMILES string of the molecule is CC(C)(C)c1cnc(-c2cccc(-c3ccc4c5ccccc5n(-c5ncc(C(C)(C)C)cn5)c4c3)c2)nc1. The van der Waals surface area contributed by atoms with Crippen molar-refractivity contribution in [1.29, 1.82) is 0 Å². The quantitative estimate of drug-likeness (QED) is 0.240. The lowest BCUT2D eigenvalue weighted by Gasteiger charge is -2.18. The lowest BCUT2D eigenvalue weighted by atomic mass is 9.89. The van der Waals surface area contributed by atoms with E-state index >= 15 is 0 Å². The van der Waals surface area contributed by atoms with E-state index in [0.717, 1.165) is 44.7 Å². The average molecular weight is 512 g/mol. The minimum absolute atomic E-state index is 0.00563. The number of para-hydroxylation sites is 1. The Labute approximate surface area is 229 Å². The lowest BCUT2D eigenvalue weighted by molar-refractivity contribution is 0.583. The Balaban J connectivity index is 1.47. The third-order valence-electron chi connectivity index (χ3n) is 7.35. The standard InChI is InChI=1S/C34H33N5/c1-33(2,3)25-18-35-31(36-19-25)24-11-9-10-22(16-24)23-14-15-28-27-12-7-8-13-29(27)39(30(28)17-23)32-37-20-26(21-38-32)34(4,5)6/h7-21H,1-6H3. The minimum Gasteiger partial charge on any atom is -0.278 e. The summed E-state index contributed by atoms with van der Waals surface area (Å²) in [4.78, 5) is 19.0. The first-order valence-electron chi connectivity index (χ1n) is 13.4. The molecule has 0 aliphatic heterocycles. The molecule has 39 heavy (non-hydrogen) atoms. The van der Waals surface area contributed by atoms with Gasteiger partial charge in [-0.3, -0.25) is 4.57 Å². The molecule has 0 radical (unpaired) electrons. The molecule has 194 valence electrons. The number of benzene rings is 3. The molecular weight excluding hydrogens is 478 g/mol. The molecule has 3 aromatic carbocycles. The van der Waals surface area contributed by atoms with Gasteiger partial charge in [0.1, 0.15) is 0 Å². The third-order valence-corrected chi connectivity index (χ3v) is 7.35. The fourth-order valence-electron chi connectivity index (χ4n) is 4.89. The summed E-state index contributed by atoms with van der Waals surface area (Å²) in [5.74, 6) is 1.40. The Morgan fingerprint density at radius 3 is 1.74 bits per heavy atom. The van der Waals surface area contributed by atoms with Gasteiger partial charge in [0.2, 0.25) is 5.95 Å². The highest BCUT2D eigenvalue weighted by Gasteiger charge is 2.18. The zero-order valence-corrected chi connectivity index (χ0v) is 23.4. The predicted molar refractivity (Wildman–Crippen MR) is 160 cm³/mol. The van der Waals surface area contributed by atoms with E-state index in [9.17, 15) is 0 Å². The zero-order chi connectivity index (χ0) is 27.4. The molecule has 0 unspecified atom stereocenters. The van der Waals surface area contributed by atoms with Crippen molar-refractivity contribution in [2.75, 3.05) is 0 Å². The molecule has 3 heterocycles. The largest absolute Gasteiger partial charge is 0.278 e. The fourth-order valence-corrected chi connectivity index (χ4v) is 4.89. The molecule has 0 saturated carbocycles. The molecular formula is C34H33N5. The minimum atomic E-state index is -0.00563. The van der Waals surface area contributed by atoms with Crippen LogP contribution in [0.3, 0.4) is 0 Å². The summed E-state index contributed by atoms with van der Waals surface area (Å²) < 4.78 is 2.17. The van der Waals surface area contributed by atoms with Crippen molar-refractivity contribution in [2.24, 2.45) is 0 Å². The number of fused-ring (bicyclic) bond motifs is 3. The second-order valence-electron chi connectivity index (χ2n) is 12.2. The van der Waals surface area contributed by atoms with Crippen molar-refractivity contribution in [2.45, 2.75) is 52.4 Å². The average Bonchev–Trinajstić information content (AvgIpc) is 3.26. The lowest BCUT2D eigenvalue weighted by Crippen LogP contribution is -2.13. The molecule has 0 aliphatic carbocycles. The van der Waals surface area contributed by atoms with Crippen LogP contribution in [0.15, 0.2) is 91.5 Å². The molecule has 0 N–H and O–H groups in total. The van der Waals surface area contributed by atoms with Gasteiger partial charge in [-0.2, -0.15) is 0 Å². The molecule has 0 atom stereocenters. The molecule has 3 aromatic heterocycles. The summed E-state index contributed by atoms with van der Waals surface area (Å²) in [5.41, 5.74) is 7.64. The normalized spacial score (nSPS) is 12.4. The van der Waals surface area contributed by atoms with Crippen LogP contribution in [-0.2, 0) is 10.8 Å². The Bertz CT molecular complexity index is 1800. The van der Waals surface area contributed by atoms with Crippen molar-refractivity contribution < 1.29 is 0 Å². The van der Waals surface area contributed by atoms with Crippen LogP contribution in [0.1, 0.15) is 52.7 Å². The van der Waals surface area contributed by atoms with E-state index in [1.807, 2.05) is 24.8 Å². The topological polar surface area (TPSA) is 56.5 Å². The molecule has 0 bridgehead atoms. The maximum absolute atomic E-state index is 4.80. The number of aromatic nitrogens is 5. The highest BCUT2D eigenvalue weighted by atomic mass is 15.1. The van der Waals surface area contributed by atoms with Crippen molar-refractivity contribution in [1.82, 2.24) is 24.5 Å². The van der Waals surface area contributed by atoms with Crippen LogP contribution < -0.4 is 0 Å². The number of nitrogens with zero attached hydrogens (tertiary/aromatic N) is 5. The van der Waals surface area contributed by atoms with Gasteiger partial charge in [-0.25, -0.2) is 19.9 Å². The third kappa shape index (κ3) is 4.59. The maximum atomic E-state index is 4.80. The molecule has 6 rings (SSSR count). The van der Waals surface area contributed by atoms with Crippen LogP contribution in [0.5, 0.6) is 0 Å². The van der Waals surface area contributed by atoms with Gasteiger partial charge in [-0.15, -0.1) is 0 Å². The van der Waals surface area contributed by atoms with Gasteiger partial charge in [0, 0.05) is 41.1 Å². The summed E-state index contributed by atoms with van der Waals surface area (Å²) in [6, 6.07) is 23.5. The van der Waals surface area contributed by atoms with Gasteiger partial charge in [0.25, 0.3) is 0 Å². The van der Waals surface area contributed by atoms with E-state index in [0.29, 0.717) is 5.95 Å². The Morgan fingerprint density at radius 1 is 0.513 bits per heavy atom. The fraction of sp³-hybridized carbons (Fsp3) is 0.235. The summed E-state index contributed by atoms with van der Waals surface area (Å²) in [7, 11) is 0. The van der Waals surface area contributed by atoms with Gasteiger partial charge in [0.05, 0.1) is 11.0 Å². The monoisotopic (exact) mass is 511 g/mol. The second-order valence-corrected chi connectivity index (χ2v) is 12.2. The summed E-state index contributed by atoms with van der Waals surface area (Å²) in [6.07, 6.45) is 7.76. The van der Waals surface area contributed by atoms with Crippen LogP contribution in [0, 0.1) is 0 Å². The zero-order valence-electron chi connectivity index (χ0n) is 23.4. The van der Waals surface area contributed by atoms with E-state index < -0.39 is 0 Å². The summed E-state index contributed by atoms with van der Waals surface area (Å²) in [5, 5.41) is 2.36. The first kappa shape index (κ1) is 24.9. The van der Waals surface area contributed by atoms with Gasteiger partial charge in [-0.1, -0.05) is 90.1 Å². The van der Waals surface area contributed by atoms with Gasteiger partial charge < -0.3 is 0 Å². The van der Waals surface area contributed by atoms with Crippen LogP contribution in [0.2, 0.25) is 0 Å². The van der Waals surface area contributed by atoms with Crippen molar-refractivity contribution in [3.8, 4) is 28.5 Å². The first-order chi connectivity index (χ1) is 18.6. The van der Waals surface area contributed by atoms with Crippen LogP contribution in [0.25, 0.3) is 50.3 Å². The molecule has 0 fully saturated rings. The first-order valence-corrected chi connectivity index (χ1v) is 13.4. The van der Waals surface area contributed by atoms with E-state index in [1.54, 1.807) is 0 Å². The van der Waals surface area contributed by atoms with Crippen LogP contribution >= 0.6 is 0 Å². The molecule has 0 amide bonds. The van der Waals surface area contributed by atoms with Crippen LogP contribution in [0.4, 0.5) is 0 Å². The van der Waals surface area contributed by atoms with E-state index in [4.69, 9.17) is 9.97 Å². The summed E-state index contributed by atoms with van der Waals surface area (Å²) in [6.45, 7) is 13.0. The smallest absolute Gasteiger partial charge is 0.234 e. The molecule has 0 spiro atoms. The van der Waals surface area contributed by atoms with Crippen molar-refractivity contribution in [3.05, 3.63) is 103 Å². The van der Waals surface area contributed by atoms with E-state index in [2.05, 4.69) is 123 Å². The van der Waals surface area contributed by atoms with Crippen molar-refractivity contribution in [3.63, 3.8) is 0 Å². The Hall–Kier alpha value is -4.38. The summed E-state index contributed by atoms with van der Waals surface area (Å²) >= 11 is 0. The second kappa shape index (κ2) is 9.12. The number of rotatable bonds is 3. The van der Waals surface area contributed by atoms with Crippen LogP contribution in [-0.4, -0.2) is 24.5 Å². The Kier molecular flexibility index (Phi) is 5.83. The van der Waals surface area contributed by atoms with E-state index in [-0.39, 0.29) is 10.8 Å². The highest BCUT2D eigenvalue weighted by Crippen LogP contribution is 2.35. The number of hydrogen-bond donors (Lipinski definition) is 0. The molecule has 6 aromatic rings. The predicted octanol–water partition coefficient (Wildman–Crippen LogP) is 8.29.